The molecule has 2 heterocycles. The molecule has 0 saturated heterocycles. The van der Waals surface area contributed by atoms with Gasteiger partial charge >= 0.3 is 0 Å². The van der Waals surface area contributed by atoms with Crippen molar-refractivity contribution in [2.24, 2.45) is 5.73 Å². The van der Waals surface area contributed by atoms with E-state index >= 15 is 0 Å². The van der Waals surface area contributed by atoms with Crippen LogP contribution in [0.15, 0.2) is 24.4 Å². The van der Waals surface area contributed by atoms with Crippen LogP contribution in [0.1, 0.15) is 21.6 Å². The Morgan fingerprint density at radius 3 is 2.73 bits per heavy atom. The van der Waals surface area contributed by atoms with E-state index in [0.29, 0.717) is 22.5 Å². The number of hydrogen-bond acceptors (Lipinski definition) is 5. The number of phenolic OH excluding ortho intramolecular Hbond substituents is 1. The number of phenols is 1. The molecule has 3 rings (SSSR count). The molecule has 0 atom stereocenters. The Labute approximate surface area is 126 Å². The van der Waals surface area contributed by atoms with Crippen molar-refractivity contribution in [2.45, 2.75) is 13.8 Å². The molecule has 1 aromatic carbocycles. The number of nitrogens with zero attached hydrogens (tertiary/aromatic N) is 3. The molecule has 7 nitrogen and oxygen atoms in total. The maximum atomic E-state index is 11.7. The predicted molar refractivity (Wildman–Crippen MR) is 82.9 cm³/mol. The summed E-state index contributed by atoms with van der Waals surface area (Å²) in [4.78, 5) is 20.4. The molecule has 0 spiro atoms. The second kappa shape index (κ2) is 4.73. The maximum Gasteiger partial charge on any atom is 0.254 e. The van der Waals surface area contributed by atoms with Crippen LogP contribution in [0, 0.1) is 13.8 Å². The summed E-state index contributed by atoms with van der Waals surface area (Å²) in [7, 11) is 0. The van der Waals surface area contributed by atoms with E-state index in [0.717, 1.165) is 5.56 Å². The highest BCUT2D eigenvalue weighted by Crippen LogP contribution is 2.31. The minimum absolute atomic E-state index is 0.0862. The van der Waals surface area contributed by atoms with Gasteiger partial charge in [-0.15, -0.1) is 0 Å². The van der Waals surface area contributed by atoms with Crippen molar-refractivity contribution in [3.63, 3.8) is 0 Å². The lowest BCUT2D eigenvalue weighted by atomic mass is 10.2. The fourth-order valence-corrected chi connectivity index (χ4v) is 2.47. The van der Waals surface area contributed by atoms with Gasteiger partial charge in [0.05, 0.1) is 11.4 Å². The average molecular weight is 297 g/mol. The number of aromatic nitrogens is 3. The molecular weight excluding hydrogens is 282 g/mol. The smallest absolute Gasteiger partial charge is 0.254 e. The topological polar surface area (TPSA) is 120 Å². The van der Waals surface area contributed by atoms with Gasteiger partial charge in [-0.1, -0.05) is 6.07 Å². The molecule has 3 aromatic rings. The monoisotopic (exact) mass is 297 g/mol. The number of aromatic hydroxyl groups is 1. The van der Waals surface area contributed by atoms with Crippen molar-refractivity contribution in [1.82, 2.24) is 14.5 Å². The summed E-state index contributed by atoms with van der Waals surface area (Å²) in [5.74, 6) is -0.429. The third-order valence-electron chi connectivity index (χ3n) is 3.50. The van der Waals surface area contributed by atoms with Crippen LogP contribution in [0.25, 0.3) is 16.9 Å². The zero-order valence-corrected chi connectivity index (χ0v) is 12.2. The molecule has 0 bridgehead atoms. The fourth-order valence-electron chi connectivity index (χ4n) is 2.47. The minimum atomic E-state index is -0.669. The Balaban J connectivity index is 2.48. The van der Waals surface area contributed by atoms with Crippen molar-refractivity contribution in [2.75, 3.05) is 5.73 Å². The zero-order chi connectivity index (χ0) is 16.0. The molecule has 22 heavy (non-hydrogen) atoms. The summed E-state index contributed by atoms with van der Waals surface area (Å²) < 4.78 is 1.59. The van der Waals surface area contributed by atoms with Gasteiger partial charge in [0.1, 0.15) is 22.6 Å². The van der Waals surface area contributed by atoms with Gasteiger partial charge in [0.2, 0.25) is 0 Å². The number of benzene rings is 1. The Morgan fingerprint density at radius 1 is 1.32 bits per heavy atom. The number of nitrogen functional groups attached to an aromatic ring is 1. The first-order valence-corrected chi connectivity index (χ1v) is 6.63. The lowest BCUT2D eigenvalue weighted by Crippen LogP contribution is -2.14. The van der Waals surface area contributed by atoms with Crippen LogP contribution in [0.5, 0.6) is 5.75 Å². The number of nitrogens with two attached hydrogens (primary N) is 2. The summed E-state index contributed by atoms with van der Waals surface area (Å²) in [5.41, 5.74) is 14.6. The van der Waals surface area contributed by atoms with E-state index in [2.05, 4.69) is 9.97 Å². The molecule has 1 amide bonds. The molecule has 7 heteroatoms. The molecule has 0 radical (unpaired) electrons. The zero-order valence-electron chi connectivity index (χ0n) is 12.2. The molecule has 112 valence electrons. The Morgan fingerprint density at radius 2 is 2.05 bits per heavy atom. The van der Waals surface area contributed by atoms with E-state index in [9.17, 15) is 9.90 Å². The highest BCUT2D eigenvalue weighted by Gasteiger charge is 2.23. The fraction of sp³-hybridized carbons (Fsp3) is 0.133. The normalized spacial score (nSPS) is 11.0. The predicted octanol–water partition coefficient (Wildman–Crippen LogP) is 1.42. The molecule has 0 unspecified atom stereocenters. The van der Waals surface area contributed by atoms with E-state index in [-0.39, 0.29) is 17.1 Å². The maximum absolute atomic E-state index is 11.7. The lowest BCUT2D eigenvalue weighted by molar-refractivity contribution is 0.100. The number of anilines is 1. The van der Waals surface area contributed by atoms with Gasteiger partial charge in [-0.25, -0.2) is 4.98 Å². The van der Waals surface area contributed by atoms with Gasteiger partial charge in [0, 0.05) is 12.3 Å². The highest BCUT2D eigenvalue weighted by molar-refractivity contribution is 6.09. The van der Waals surface area contributed by atoms with Crippen LogP contribution < -0.4 is 11.5 Å². The van der Waals surface area contributed by atoms with Crippen LogP contribution in [0.4, 0.5) is 5.82 Å². The number of aryl methyl sites for hydroxylation is 2. The van der Waals surface area contributed by atoms with Gasteiger partial charge in [0.15, 0.2) is 5.65 Å². The molecule has 0 aliphatic carbocycles. The quantitative estimate of drug-likeness (QED) is 0.660. The Hall–Kier alpha value is -3.09. The summed E-state index contributed by atoms with van der Waals surface area (Å²) in [5, 5.41) is 9.75. The second-order valence-corrected chi connectivity index (χ2v) is 5.11. The van der Waals surface area contributed by atoms with Gasteiger partial charge in [-0.05, 0) is 25.5 Å². The summed E-state index contributed by atoms with van der Waals surface area (Å²) in [6.45, 7) is 3.66. The number of primary amides is 1. The average Bonchev–Trinajstić information content (AvgIpc) is 2.73. The van der Waals surface area contributed by atoms with Crippen molar-refractivity contribution in [1.29, 1.82) is 0 Å². The first kappa shape index (κ1) is 13.9. The van der Waals surface area contributed by atoms with Gasteiger partial charge < -0.3 is 16.6 Å². The summed E-state index contributed by atoms with van der Waals surface area (Å²) >= 11 is 0. The number of rotatable bonds is 2. The standard InChI is InChI=1S/C15H15N5O2/c1-7-3-4-9(21)5-10(7)20-13(16)11(14(17)22)12-15(20)19-8(2)6-18-12/h3-6,21H,16H2,1-2H3,(H2,17,22). The molecule has 5 N–H and O–H groups in total. The van der Waals surface area contributed by atoms with Gasteiger partial charge in [0.25, 0.3) is 5.91 Å². The van der Waals surface area contributed by atoms with E-state index in [1.807, 2.05) is 6.92 Å². The minimum Gasteiger partial charge on any atom is -0.508 e. The Kier molecular flexibility index (Phi) is 2.98. The highest BCUT2D eigenvalue weighted by atomic mass is 16.3. The van der Waals surface area contributed by atoms with E-state index in [4.69, 9.17) is 11.5 Å². The summed E-state index contributed by atoms with van der Waals surface area (Å²) in [6, 6.07) is 4.88. The molecule has 0 aliphatic heterocycles. The third-order valence-corrected chi connectivity index (χ3v) is 3.50. The van der Waals surface area contributed by atoms with E-state index in [1.165, 1.54) is 0 Å². The van der Waals surface area contributed by atoms with Crippen molar-refractivity contribution < 1.29 is 9.90 Å². The number of carbonyl (C=O) groups is 1. The van der Waals surface area contributed by atoms with Crippen LogP contribution in [0.2, 0.25) is 0 Å². The van der Waals surface area contributed by atoms with Crippen LogP contribution in [-0.4, -0.2) is 25.5 Å². The van der Waals surface area contributed by atoms with Crippen LogP contribution in [0.3, 0.4) is 0 Å². The Bertz CT molecular complexity index is 914. The third kappa shape index (κ3) is 1.95. The van der Waals surface area contributed by atoms with Crippen LogP contribution in [-0.2, 0) is 0 Å². The first-order chi connectivity index (χ1) is 10.4. The molecule has 0 saturated carbocycles. The number of fused-ring (bicyclic) bond motifs is 1. The van der Waals surface area contributed by atoms with E-state index in [1.54, 1.807) is 35.9 Å². The van der Waals surface area contributed by atoms with Gasteiger partial charge in [-0.2, -0.15) is 0 Å². The molecule has 0 fully saturated rings. The van der Waals surface area contributed by atoms with Crippen molar-refractivity contribution in [3.8, 4) is 11.4 Å². The molecular formula is C15H15N5O2. The molecule has 2 aromatic heterocycles. The van der Waals surface area contributed by atoms with Gasteiger partial charge in [-0.3, -0.25) is 14.3 Å². The number of carbonyl (C=O) groups excluding carboxylic acids is 1. The van der Waals surface area contributed by atoms with E-state index < -0.39 is 5.91 Å². The summed E-state index contributed by atoms with van der Waals surface area (Å²) in [6.07, 6.45) is 1.55. The van der Waals surface area contributed by atoms with Crippen LogP contribution >= 0.6 is 0 Å². The van der Waals surface area contributed by atoms with Crippen molar-refractivity contribution in [3.05, 3.63) is 41.2 Å². The second-order valence-electron chi connectivity index (χ2n) is 5.11. The largest absolute Gasteiger partial charge is 0.508 e. The van der Waals surface area contributed by atoms with Crippen molar-refractivity contribution >= 4 is 22.9 Å². The lowest BCUT2D eigenvalue weighted by Gasteiger charge is -2.11. The molecule has 0 aliphatic rings. The SMILES string of the molecule is Cc1cnc2c(C(N)=O)c(N)n(-c3cc(O)ccc3C)c2n1. The first-order valence-electron chi connectivity index (χ1n) is 6.63. The number of amides is 1. The number of hydrogen-bond donors (Lipinski definition) is 3.